The molecule has 0 aromatic carbocycles. The van der Waals surface area contributed by atoms with Gasteiger partial charge < -0.3 is 24.7 Å². The van der Waals surface area contributed by atoms with Gasteiger partial charge in [-0.3, -0.25) is 4.90 Å². The number of carboxylic acids is 2. The van der Waals surface area contributed by atoms with Gasteiger partial charge in [0.25, 0.3) is 0 Å². The molecule has 1 saturated carbocycles. The SMILES string of the molecule is CN1CCN(C2COC3(CCN(CC4CC4)CC3)C2)CC1.O=C(O)C(F)(F)F.O=C(O)C(F)(F)F. The smallest absolute Gasteiger partial charge is 0.475 e. The van der Waals surface area contributed by atoms with Crippen molar-refractivity contribution >= 4 is 11.9 Å². The summed E-state index contributed by atoms with van der Waals surface area (Å²) in [6.07, 6.45) is -3.39. The molecule has 1 spiro atoms. The fraction of sp³-hybridized carbons (Fsp3) is 0.905. The van der Waals surface area contributed by atoms with Crippen molar-refractivity contribution in [1.29, 1.82) is 0 Å². The summed E-state index contributed by atoms with van der Waals surface area (Å²) in [4.78, 5) is 25.6. The summed E-state index contributed by atoms with van der Waals surface area (Å²) in [5, 5.41) is 14.2. The zero-order valence-electron chi connectivity index (χ0n) is 19.6. The van der Waals surface area contributed by atoms with Crippen molar-refractivity contribution in [1.82, 2.24) is 14.7 Å². The largest absolute Gasteiger partial charge is 0.490 e. The maximum atomic E-state index is 10.6. The normalized spacial score (nSPS) is 25.9. The number of nitrogens with zero attached hydrogens (tertiary/aromatic N) is 3. The molecule has 1 atom stereocenters. The van der Waals surface area contributed by atoms with Gasteiger partial charge in [0.1, 0.15) is 0 Å². The van der Waals surface area contributed by atoms with E-state index in [0.29, 0.717) is 6.04 Å². The number of piperazine rings is 1. The number of alkyl halides is 6. The van der Waals surface area contributed by atoms with Gasteiger partial charge in [-0.1, -0.05) is 0 Å². The van der Waals surface area contributed by atoms with Gasteiger partial charge in [-0.05, 0) is 45.1 Å². The molecule has 1 aliphatic carbocycles. The van der Waals surface area contributed by atoms with Crippen molar-refractivity contribution in [2.75, 3.05) is 59.5 Å². The Bertz CT molecular complexity index is 677. The Balaban J connectivity index is 0.000000257. The fourth-order valence-electron chi connectivity index (χ4n) is 4.40. The third kappa shape index (κ3) is 10.1. The van der Waals surface area contributed by atoms with Crippen LogP contribution in [0.2, 0.25) is 0 Å². The molecule has 3 aliphatic heterocycles. The Morgan fingerprint density at radius 2 is 1.34 bits per heavy atom. The molecule has 14 heteroatoms. The third-order valence-electron chi connectivity index (χ3n) is 6.71. The second kappa shape index (κ2) is 12.1. The highest BCUT2D eigenvalue weighted by Gasteiger charge is 2.45. The van der Waals surface area contributed by atoms with Gasteiger partial charge in [0.15, 0.2) is 0 Å². The van der Waals surface area contributed by atoms with Gasteiger partial charge in [-0.2, -0.15) is 26.3 Å². The molecule has 0 amide bonds. The number of rotatable bonds is 3. The molecule has 4 fully saturated rings. The average molecular weight is 521 g/mol. The van der Waals surface area contributed by atoms with E-state index in [-0.39, 0.29) is 5.60 Å². The molecule has 3 heterocycles. The quantitative estimate of drug-likeness (QED) is 0.548. The van der Waals surface area contributed by atoms with Crippen LogP contribution < -0.4 is 0 Å². The maximum absolute atomic E-state index is 10.6. The van der Waals surface area contributed by atoms with Crippen molar-refractivity contribution in [3.8, 4) is 0 Å². The van der Waals surface area contributed by atoms with E-state index in [2.05, 4.69) is 21.7 Å². The molecule has 0 radical (unpaired) electrons. The number of piperidine rings is 1. The van der Waals surface area contributed by atoms with Crippen molar-refractivity contribution in [2.24, 2.45) is 5.92 Å². The summed E-state index contributed by atoms with van der Waals surface area (Å²) in [6, 6.07) is 0.689. The first-order valence-corrected chi connectivity index (χ1v) is 11.5. The van der Waals surface area contributed by atoms with E-state index in [1.54, 1.807) is 0 Å². The summed E-state index contributed by atoms with van der Waals surface area (Å²) >= 11 is 0. The molecular weight excluding hydrogens is 488 g/mol. The van der Waals surface area contributed by atoms with E-state index in [0.717, 1.165) is 12.5 Å². The minimum atomic E-state index is -5.08. The maximum Gasteiger partial charge on any atom is 0.490 e. The van der Waals surface area contributed by atoms with Crippen LogP contribution in [-0.4, -0.2) is 120 Å². The minimum absolute atomic E-state index is 0.230. The van der Waals surface area contributed by atoms with Crippen LogP contribution in [0.3, 0.4) is 0 Å². The van der Waals surface area contributed by atoms with Crippen LogP contribution in [0.5, 0.6) is 0 Å². The Kier molecular flexibility index (Phi) is 10.2. The highest BCUT2D eigenvalue weighted by Crippen LogP contribution is 2.39. The first-order chi connectivity index (χ1) is 16.1. The standard InChI is InChI=1S/C17H31N3O.2C2HF3O2/c1-18-8-10-20(11-9-18)16-12-17(21-14-16)4-6-19(7-5-17)13-15-2-3-15;2*3-2(4,5)1(6)7/h15-16H,2-14H2,1H3;2*(H,6,7). The van der Waals surface area contributed by atoms with Crippen molar-refractivity contribution in [3.05, 3.63) is 0 Å². The van der Waals surface area contributed by atoms with Crippen LogP contribution in [0.15, 0.2) is 0 Å². The topological polar surface area (TPSA) is 93.5 Å². The van der Waals surface area contributed by atoms with Gasteiger partial charge in [-0.15, -0.1) is 0 Å². The predicted molar refractivity (Wildman–Crippen MR) is 112 cm³/mol. The minimum Gasteiger partial charge on any atom is -0.475 e. The van der Waals surface area contributed by atoms with E-state index < -0.39 is 24.3 Å². The monoisotopic (exact) mass is 521 g/mol. The van der Waals surface area contributed by atoms with Crippen LogP contribution in [0.4, 0.5) is 26.3 Å². The molecule has 2 N–H and O–H groups in total. The highest BCUT2D eigenvalue weighted by atomic mass is 19.4. The van der Waals surface area contributed by atoms with E-state index in [1.165, 1.54) is 77.9 Å². The summed E-state index contributed by atoms with van der Waals surface area (Å²) < 4.78 is 69.8. The number of likely N-dealkylation sites (tertiary alicyclic amines) is 1. The van der Waals surface area contributed by atoms with E-state index >= 15 is 0 Å². The molecule has 35 heavy (non-hydrogen) atoms. The summed E-state index contributed by atoms with van der Waals surface area (Å²) in [5.41, 5.74) is 0.230. The van der Waals surface area contributed by atoms with E-state index in [1.807, 2.05) is 0 Å². The van der Waals surface area contributed by atoms with Crippen LogP contribution >= 0.6 is 0 Å². The highest BCUT2D eigenvalue weighted by molar-refractivity contribution is 5.73. The first kappa shape index (κ1) is 29.6. The summed E-state index contributed by atoms with van der Waals surface area (Å²) in [7, 11) is 2.24. The number of likely N-dealkylation sites (N-methyl/N-ethyl adjacent to an activating group) is 1. The number of hydrogen-bond acceptors (Lipinski definition) is 6. The molecular formula is C21H33F6N3O5. The fourth-order valence-corrected chi connectivity index (χ4v) is 4.40. The lowest BCUT2D eigenvalue weighted by Gasteiger charge is -2.40. The van der Waals surface area contributed by atoms with Crippen LogP contribution in [-0.2, 0) is 14.3 Å². The molecule has 0 bridgehead atoms. The van der Waals surface area contributed by atoms with Gasteiger partial charge in [-0.25, -0.2) is 9.59 Å². The van der Waals surface area contributed by atoms with Crippen LogP contribution in [0, 0.1) is 5.92 Å². The third-order valence-corrected chi connectivity index (χ3v) is 6.71. The van der Waals surface area contributed by atoms with Crippen molar-refractivity contribution < 1.29 is 50.9 Å². The Labute approximate surface area is 199 Å². The van der Waals surface area contributed by atoms with E-state index in [4.69, 9.17) is 24.5 Å². The number of ether oxygens (including phenoxy) is 1. The van der Waals surface area contributed by atoms with Crippen molar-refractivity contribution in [3.63, 3.8) is 0 Å². The molecule has 0 aromatic rings. The predicted octanol–water partition coefficient (Wildman–Crippen LogP) is 2.53. The van der Waals surface area contributed by atoms with Gasteiger partial charge in [0, 0.05) is 51.9 Å². The molecule has 8 nitrogen and oxygen atoms in total. The lowest BCUT2D eigenvalue weighted by Crippen LogP contribution is -2.50. The Morgan fingerprint density at radius 3 is 1.74 bits per heavy atom. The lowest BCUT2D eigenvalue weighted by molar-refractivity contribution is -0.193. The van der Waals surface area contributed by atoms with E-state index in [9.17, 15) is 26.3 Å². The first-order valence-electron chi connectivity index (χ1n) is 11.5. The second-order valence-electron chi connectivity index (χ2n) is 9.54. The molecule has 0 aromatic heterocycles. The molecule has 3 saturated heterocycles. The van der Waals surface area contributed by atoms with Gasteiger partial charge in [0.2, 0.25) is 0 Å². The Morgan fingerprint density at radius 1 is 0.886 bits per heavy atom. The summed E-state index contributed by atoms with van der Waals surface area (Å²) in [5.74, 6) is -4.48. The zero-order valence-corrected chi connectivity index (χ0v) is 19.6. The Hall–Kier alpha value is -1.64. The number of carbonyl (C=O) groups is 2. The number of aliphatic carboxylic acids is 2. The number of halogens is 6. The number of hydrogen-bond donors (Lipinski definition) is 2. The average Bonchev–Trinajstić information content (AvgIpc) is 3.48. The molecule has 4 rings (SSSR count). The molecule has 204 valence electrons. The lowest BCUT2D eigenvalue weighted by atomic mass is 9.87. The van der Waals surface area contributed by atoms with Crippen LogP contribution in [0.1, 0.15) is 32.1 Å². The second-order valence-corrected chi connectivity index (χ2v) is 9.54. The summed E-state index contributed by atoms with van der Waals surface area (Å²) in [6.45, 7) is 9.78. The van der Waals surface area contributed by atoms with Gasteiger partial charge in [0.05, 0.1) is 12.2 Å². The van der Waals surface area contributed by atoms with Crippen LogP contribution in [0.25, 0.3) is 0 Å². The number of carboxylic acid groups (broad SMARTS) is 2. The molecule has 4 aliphatic rings. The van der Waals surface area contributed by atoms with Crippen molar-refractivity contribution in [2.45, 2.75) is 56.1 Å². The molecule has 1 unspecified atom stereocenters. The van der Waals surface area contributed by atoms with Gasteiger partial charge >= 0.3 is 24.3 Å². The zero-order chi connectivity index (χ0) is 26.4.